The second-order valence-electron chi connectivity index (χ2n) is 3.41. The first kappa shape index (κ1) is 10.5. The fourth-order valence-electron chi connectivity index (χ4n) is 1.13. The van der Waals surface area contributed by atoms with Crippen molar-refractivity contribution in [2.24, 2.45) is 0 Å². The number of rotatable bonds is 5. The highest BCUT2D eigenvalue weighted by atomic mass is 32.1. The SMILES string of the molecule is CCOCC(=O)Nc1nnc(C2CC2)s1. The molecule has 0 bridgehead atoms. The third-order valence-electron chi connectivity index (χ3n) is 2.05. The largest absolute Gasteiger partial charge is 0.372 e. The van der Waals surface area contributed by atoms with Crippen molar-refractivity contribution in [3.05, 3.63) is 5.01 Å². The molecule has 1 saturated carbocycles. The molecule has 82 valence electrons. The average Bonchev–Trinajstić information content (AvgIpc) is 2.98. The van der Waals surface area contributed by atoms with E-state index < -0.39 is 0 Å². The number of nitrogens with zero attached hydrogens (tertiary/aromatic N) is 2. The van der Waals surface area contributed by atoms with Gasteiger partial charge in [0.2, 0.25) is 5.13 Å². The number of hydrogen-bond acceptors (Lipinski definition) is 5. The molecule has 0 aromatic carbocycles. The van der Waals surface area contributed by atoms with Crippen LogP contribution in [0.25, 0.3) is 0 Å². The first-order valence-electron chi connectivity index (χ1n) is 5.00. The lowest BCUT2D eigenvalue weighted by atomic mass is 10.5. The number of carbonyl (C=O) groups excluding carboxylic acids is 1. The van der Waals surface area contributed by atoms with Gasteiger partial charge < -0.3 is 4.74 Å². The molecule has 0 atom stereocenters. The number of ether oxygens (including phenoxy) is 1. The minimum absolute atomic E-state index is 0.0782. The molecule has 0 unspecified atom stereocenters. The quantitative estimate of drug-likeness (QED) is 0.825. The Morgan fingerprint density at radius 2 is 2.40 bits per heavy atom. The van der Waals surface area contributed by atoms with Crippen molar-refractivity contribution >= 4 is 22.4 Å². The number of aromatic nitrogens is 2. The van der Waals surface area contributed by atoms with Crippen molar-refractivity contribution in [2.75, 3.05) is 18.5 Å². The maximum absolute atomic E-state index is 11.3. The predicted octanol–water partition coefficient (Wildman–Crippen LogP) is 1.39. The van der Waals surface area contributed by atoms with Gasteiger partial charge in [-0.25, -0.2) is 0 Å². The lowest BCUT2D eigenvalue weighted by Gasteiger charge is -1.99. The van der Waals surface area contributed by atoms with Crippen LogP contribution in [0.1, 0.15) is 30.7 Å². The molecule has 1 heterocycles. The zero-order chi connectivity index (χ0) is 10.7. The van der Waals surface area contributed by atoms with Crippen LogP contribution in [-0.4, -0.2) is 29.3 Å². The zero-order valence-corrected chi connectivity index (χ0v) is 9.34. The molecule has 0 spiro atoms. The predicted molar refractivity (Wildman–Crippen MR) is 57.0 cm³/mol. The molecule has 5 nitrogen and oxygen atoms in total. The lowest BCUT2D eigenvalue weighted by Crippen LogP contribution is -2.17. The normalized spacial score (nSPS) is 15.3. The Kier molecular flexibility index (Phi) is 3.27. The lowest BCUT2D eigenvalue weighted by molar-refractivity contribution is -0.120. The highest BCUT2D eigenvalue weighted by Gasteiger charge is 2.27. The van der Waals surface area contributed by atoms with Crippen molar-refractivity contribution < 1.29 is 9.53 Å². The number of anilines is 1. The van der Waals surface area contributed by atoms with Crippen LogP contribution < -0.4 is 5.32 Å². The average molecular weight is 227 g/mol. The molecule has 6 heteroatoms. The Morgan fingerprint density at radius 1 is 1.60 bits per heavy atom. The molecule has 0 saturated heterocycles. The van der Waals surface area contributed by atoms with E-state index in [1.165, 1.54) is 24.2 Å². The zero-order valence-electron chi connectivity index (χ0n) is 8.52. The molecule has 1 aliphatic carbocycles. The summed E-state index contributed by atoms with van der Waals surface area (Å²) >= 11 is 1.46. The molecule has 0 radical (unpaired) electrons. The highest BCUT2D eigenvalue weighted by molar-refractivity contribution is 7.15. The number of carbonyl (C=O) groups is 1. The topological polar surface area (TPSA) is 64.1 Å². The third kappa shape index (κ3) is 2.97. The van der Waals surface area contributed by atoms with E-state index in [9.17, 15) is 4.79 Å². The maximum atomic E-state index is 11.3. The fraction of sp³-hybridized carbons (Fsp3) is 0.667. The van der Waals surface area contributed by atoms with Gasteiger partial charge in [0.05, 0.1) is 0 Å². The third-order valence-corrected chi connectivity index (χ3v) is 3.05. The molecule has 1 amide bonds. The van der Waals surface area contributed by atoms with Crippen LogP contribution in [0.3, 0.4) is 0 Å². The summed E-state index contributed by atoms with van der Waals surface area (Å²) in [5.74, 6) is 0.412. The molecular weight excluding hydrogens is 214 g/mol. The minimum atomic E-state index is -0.171. The summed E-state index contributed by atoms with van der Waals surface area (Å²) in [5, 5.41) is 12.2. The monoisotopic (exact) mass is 227 g/mol. The van der Waals surface area contributed by atoms with E-state index >= 15 is 0 Å². The molecule has 15 heavy (non-hydrogen) atoms. The van der Waals surface area contributed by atoms with E-state index in [1.807, 2.05) is 6.92 Å². The molecule has 1 aromatic heterocycles. The summed E-state index contributed by atoms with van der Waals surface area (Å²) in [5.41, 5.74) is 0. The van der Waals surface area contributed by atoms with Gasteiger partial charge in [0, 0.05) is 12.5 Å². The number of hydrogen-bond donors (Lipinski definition) is 1. The molecule has 1 aliphatic rings. The minimum Gasteiger partial charge on any atom is -0.372 e. The molecule has 2 rings (SSSR count). The molecular formula is C9H13N3O2S. The summed E-state index contributed by atoms with van der Waals surface area (Å²) in [6, 6.07) is 0. The molecule has 0 aliphatic heterocycles. The standard InChI is InChI=1S/C9H13N3O2S/c1-2-14-5-7(13)10-9-12-11-8(15-9)6-3-4-6/h6H,2-5H2,1H3,(H,10,12,13). The Balaban J connectivity index is 1.84. The molecule has 1 aromatic rings. The van der Waals surface area contributed by atoms with E-state index in [0.717, 1.165) is 5.01 Å². The number of nitrogens with one attached hydrogen (secondary N) is 1. The van der Waals surface area contributed by atoms with Gasteiger partial charge in [0.25, 0.3) is 5.91 Å². The van der Waals surface area contributed by atoms with Gasteiger partial charge in [0.1, 0.15) is 11.6 Å². The first-order chi connectivity index (χ1) is 7.29. The number of amides is 1. The maximum Gasteiger partial charge on any atom is 0.252 e. The van der Waals surface area contributed by atoms with Crippen molar-refractivity contribution in [2.45, 2.75) is 25.7 Å². The van der Waals surface area contributed by atoms with Crippen LogP contribution in [-0.2, 0) is 9.53 Å². The summed E-state index contributed by atoms with van der Waals surface area (Å²) < 4.78 is 4.98. The van der Waals surface area contributed by atoms with Crippen LogP contribution in [0.15, 0.2) is 0 Å². The van der Waals surface area contributed by atoms with Gasteiger partial charge in [-0.1, -0.05) is 11.3 Å². The summed E-state index contributed by atoms with van der Waals surface area (Å²) in [7, 11) is 0. The molecule has 1 fully saturated rings. The van der Waals surface area contributed by atoms with Crippen molar-refractivity contribution in [1.82, 2.24) is 10.2 Å². The van der Waals surface area contributed by atoms with Gasteiger partial charge in [-0.2, -0.15) is 0 Å². The Morgan fingerprint density at radius 3 is 3.07 bits per heavy atom. The summed E-state index contributed by atoms with van der Waals surface area (Å²) in [6.07, 6.45) is 2.39. The van der Waals surface area contributed by atoms with Crippen LogP contribution >= 0.6 is 11.3 Å². The van der Waals surface area contributed by atoms with E-state index in [0.29, 0.717) is 17.7 Å². The Bertz CT molecular complexity index is 349. The van der Waals surface area contributed by atoms with E-state index in [-0.39, 0.29) is 12.5 Å². The van der Waals surface area contributed by atoms with Crippen molar-refractivity contribution in [1.29, 1.82) is 0 Å². The smallest absolute Gasteiger partial charge is 0.252 e. The van der Waals surface area contributed by atoms with E-state index in [4.69, 9.17) is 4.74 Å². The Labute approximate surface area is 91.9 Å². The summed E-state index contributed by atoms with van der Waals surface area (Å²) in [6.45, 7) is 2.47. The van der Waals surface area contributed by atoms with Gasteiger partial charge in [0.15, 0.2) is 0 Å². The van der Waals surface area contributed by atoms with Crippen LogP contribution in [0.5, 0.6) is 0 Å². The van der Waals surface area contributed by atoms with Gasteiger partial charge in [-0.3, -0.25) is 10.1 Å². The van der Waals surface area contributed by atoms with Gasteiger partial charge in [-0.15, -0.1) is 10.2 Å². The van der Waals surface area contributed by atoms with E-state index in [1.54, 1.807) is 0 Å². The van der Waals surface area contributed by atoms with Crippen molar-refractivity contribution in [3.8, 4) is 0 Å². The second-order valence-corrected chi connectivity index (χ2v) is 4.41. The molecule has 1 N–H and O–H groups in total. The van der Waals surface area contributed by atoms with Crippen molar-refractivity contribution in [3.63, 3.8) is 0 Å². The van der Waals surface area contributed by atoms with Crippen LogP contribution in [0.2, 0.25) is 0 Å². The second kappa shape index (κ2) is 4.67. The van der Waals surface area contributed by atoms with Gasteiger partial charge >= 0.3 is 0 Å². The van der Waals surface area contributed by atoms with E-state index in [2.05, 4.69) is 15.5 Å². The van der Waals surface area contributed by atoms with Crippen LogP contribution in [0, 0.1) is 0 Å². The fourth-order valence-corrected chi connectivity index (χ4v) is 2.06. The van der Waals surface area contributed by atoms with Gasteiger partial charge in [-0.05, 0) is 19.8 Å². The summed E-state index contributed by atoms with van der Waals surface area (Å²) in [4.78, 5) is 11.3. The van der Waals surface area contributed by atoms with Crippen LogP contribution in [0.4, 0.5) is 5.13 Å². The Hall–Kier alpha value is -1.01. The highest BCUT2D eigenvalue weighted by Crippen LogP contribution is 2.41. The first-order valence-corrected chi connectivity index (χ1v) is 5.82.